The highest BCUT2D eigenvalue weighted by Gasteiger charge is 2.65. The van der Waals surface area contributed by atoms with Crippen molar-refractivity contribution in [2.75, 3.05) is 32.1 Å². The second-order valence-corrected chi connectivity index (χ2v) is 11.0. The van der Waals surface area contributed by atoms with Gasteiger partial charge in [0.15, 0.2) is 0 Å². The molecule has 1 aliphatic heterocycles. The van der Waals surface area contributed by atoms with Crippen molar-refractivity contribution >= 4 is 11.7 Å². The lowest BCUT2D eigenvalue weighted by atomic mass is 9.58. The van der Waals surface area contributed by atoms with Crippen molar-refractivity contribution in [3.63, 3.8) is 0 Å². The molecule has 6 rings (SSSR count). The smallest absolute Gasteiger partial charge is 0.316 e. The largest absolute Gasteiger partial charge is 0.325 e. The molecule has 2 amide bonds. The van der Waals surface area contributed by atoms with E-state index in [4.69, 9.17) is 4.98 Å². The summed E-state index contributed by atoms with van der Waals surface area (Å²) in [7, 11) is 4.37. The van der Waals surface area contributed by atoms with Crippen molar-refractivity contribution in [1.82, 2.24) is 14.8 Å². The maximum atomic E-state index is 13.8. The topological polar surface area (TPSA) is 39.7 Å². The van der Waals surface area contributed by atoms with E-state index in [2.05, 4.69) is 67.2 Å². The number of anilines is 1. The van der Waals surface area contributed by atoms with Crippen LogP contribution in [0.3, 0.4) is 0 Å². The minimum atomic E-state index is -0.0958. The van der Waals surface area contributed by atoms with Gasteiger partial charge in [-0.15, -0.1) is 0 Å². The monoisotopic (exact) mass is 430 g/mol. The van der Waals surface area contributed by atoms with E-state index in [1.165, 1.54) is 42.5 Å². The number of carbonyl (C=O) groups excluding carboxylic acids is 1. The van der Waals surface area contributed by atoms with Gasteiger partial charge in [0.2, 0.25) is 0 Å². The number of aryl methyl sites for hydroxylation is 1. The first-order valence-electron chi connectivity index (χ1n) is 12.2. The van der Waals surface area contributed by atoms with E-state index in [1.54, 1.807) is 0 Å². The van der Waals surface area contributed by atoms with Gasteiger partial charge in [-0.1, -0.05) is 30.3 Å². The number of amides is 2. The van der Waals surface area contributed by atoms with Gasteiger partial charge in [-0.2, -0.15) is 0 Å². The quantitative estimate of drug-likeness (QED) is 0.654. The molecule has 0 unspecified atom stereocenters. The summed E-state index contributed by atoms with van der Waals surface area (Å²) in [6, 6.07) is 13.2. The second-order valence-electron chi connectivity index (χ2n) is 11.0. The fourth-order valence-electron chi connectivity index (χ4n) is 6.14. The van der Waals surface area contributed by atoms with Gasteiger partial charge in [0.1, 0.15) is 0 Å². The van der Waals surface area contributed by atoms with Crippen molar-refractivity contribution in [3.05, 3.63) is 59.4 Å². The normalized spacial score (nSPS) is 29.8. The summed E-state index contributed by atoms with van der Waals surface area (Å²) < 4.78 is 0. The number of hydrogen-bond donors (Lipinski definition) is 0. The molecular formula is C27H34N4O. The van der Waals surface area contributed by atoms with Crippen molar-refractivity contribution in [2.24, 2.45) is 5.92 Å². The van der Waals surface area contributed by atoms with Crippen molar-refractivity contribution in [2.45, 2.75) is 62.4 Å². The Bertz CT molecular complexity index is 1030. The van der Waals surface area contributed by atoms with Crippen LogP contribution in [0.1, 0.15) is 61.3 Å². The Labute approximate surface area is 191 Å². The molecule has 3 saturated carbocycles. The molecule has 2 heterocycles. The molecule has 5 nitrogen and oxygen atoms in total. The average molecular weight is 431 g/mol. The molecule has 32 heavy (non-hydrogen) atoms. The lowest BCUT2D eigenvalue weighted by Crippen LogP contribution is -2.67. The minimum absolute atomic E-state index is 0.0114. The predicted molar refractivity (Wildman–Crippen MR) is 127 cm³/mol. The Hall–Kier alpha value is -2.40. The SMILES string of the molecule is Cc1cc(C2CC2)ncc1N1C[C@]2(C[C@](c3ccccc3)(N(C)C)C2)N(CC2CC2)C1=O. The fraction of sp³-hybridized carbons (Fsp3) is 0.556. The molecular weight excluding hydrogens is 396 g/mol. The van der Waals surface area contributed by atoms with E-state index in [0.29, 0.717) is 11.8 Å². The molecule has 3 aliphatic carbocycles. The summed E-state index contributed by atoms with van der Waals surface area (Å²) in [6.07, 6.45) is 8.95. The van der Waals surface area contributed by atoms with Gasteiger partial charge >= 0.3 is 6.03 Å². The van der Waals surface area contributed by atoms with Crippen LogP contribution in [0, 0.1) is 12.8 Å². The van der Waals surface area contributed by atoms with E-state index in [-0.39, 0.29) is 17.1 Å². The van der Waals surface area contributed by atoms with Crippen molar-refractivity contribution in [1.29, 1.82) is 0 Å². The van der Waals surface area contributed by atoms with Crippen LogP contribution in [-0.4, -0.2) is 53.5 Å². The molecule has 4 aliphatic rings. The van der Waals surface area contributed by atoms with E-state index in [9.17, 15) is 4.79 Å². The number of pyridine rings is 1. The van der Waals surface area contributed by atoms with E-state index in [0.717, 1.165) is 31.6 Å². The lowest BCUT2D eigenvalue weighted by molar-refractivity contribution is -0.0680. The van der Waals surface area contributed by atoms with Gasteiger partial charge in [-0.25, -0.2) is 4.79 Å². The Morgan fingerprint density at radius 2 is 1.81 bits per heavy atom. The summed E-state index contributed by atoms with van der Waals surface area (Å²) in [4.78, 5) is 25.2. The number of urea groups is 1. The van der Waals surface area contributed by atoms with Crippen molar-refractivity contribution in [3.8, 4) is 0 Å². The number of nitrogens with zero attached hydrogens (tertiary/aromatic N) is 4. The molecule has 1 spiro atoms. The highest BCUT2D eigenvalue weighted by atomic mass is 16.2. The van der Waals surface area contributed by atoms with Crippen LogP contribution < -0.4 is 4.90 Å². The van der Waals surface area contributed by atoms with Gasteiger partial charge in [-0.3, -0.25) is 14.8 Å². The first kappa shape index (κ1) is 20.2. The molecule has 0 atom stereocenters. The third-order valence-corrected chi connectivity index (χ3v) is 8.43. The van der Waals surface area contributed by atoms with Crippen LogP contribution in [0.2, 0.25) is 0 Å². The molecule has 0 N–H and O–H groups in total. The Morgan fingerprint density at radius 1 is 1.09 bits per heavy atom. The van der Waals surface area contributed by atoms with E-state index >= 15 is 0 Å². The summed E-state index contributed by atoms with van der Waals surface area (Å²) in [5.41, 5.74) is 4.63. The standard InChI is InChI=1S/C27H34N4O/c1-19-13-23(21-11-12-21)28-14-24(19)30-18-26(31(25(30)32)15-20-9-10-20)16-27(17-26,29(2)3)22-7-5-4-6-8-22/h4-8,13-14,20-21H,9-12,15-18H2,1-3H3/t26-,27+. The van der Waals surface area contributed by atoms with Gasteiger partial charge < -0.3 is 4.90 Å². The zero-order chi connectivity index (χ0) is 22.1. The lowest BCUT2D eigenvalue weighted by Gasteiger charge is -2.60. The molecule has 0 bridgehead atoms. The second kappa shape index (κ2) is 7.05. The highest BCUT2D eigenvalue weighted by molar-refractivity contribution is 5.96. The van der Waals surface area contributed by atoms with E-state index in [1.807, 2.05) is 11.1 Å². The molecule has 5 heteroatoms. The number of rotatable bonds is 6. The van der Waals surface area contributed by atoms with Gasteiger partial charge in [0.25, 0.3) is 0 Å². The average Bonchev–Trinajstić information content (AvgIpc) is 3.67. The zero-order valence-corrected chi connectivity index (χ0v) is 19.6. The molecule has 168 valence electrons. The van der Waals surface area contributed by atoms with Gasteiger partial charge in [-0.05, 0) is 82.7 Å². The van der Waals surface area contributed by atoms with E-state index < -0.39 is 0 Å². The molecule has 1 aromatic heterocycles. The maximum absolute atomic E-state index is 13.8. The molecule has 2 aromatic rings. The fourth-order valence-corrected chi connectivity index (χ4v) is 6.14. The van der Waals surface area contributed by atoms with Crippen LogP contribution in [0.4, 0.5) is 10.5 Å². The maximum Gasteiger partial charge on any atom is 0.325 e. The van der Waals surface area contributed by atoms with Gasteiger partial charge in [0.05, 0.1) is 29.5 Å². The first-order valence-corrected chi connectivity index (χ1v) is 12.2. The summed E-state index contributed by atoms with van der Waals surface area (Å²) in [5, 5.41) is 0. The molecule has 4 fully saturated rings. The zero-order valence-electron chi connectivity index (χ0n) is 19.6. The Kier molecular flexibility index (Phi) is 4.45. The van der Waals surface area contributed by atoms with Crippen molar-refractivity contribution < 1.29 is 4.79 Å². The van der Waals surface area contributed by atoms with Gasteiger partial charge in [0, 0.05) is 18.2 Å². The van der Waals surface area contributed by atoms with Crippen LogP contribution in [0.5, 0.6) is 0 Å². The Morgan fingerprint density at radius 3 is 2.41 bits per heavy atom. The number of benzene rings is 1. The number of carbonyl (C=O) groups is 1. The highest BCUT2D eigenvalue weighted by Crippen LogP contribution is 2.58. The number of aromatic nitrogens is 1. The Balaban J connectivity index is 1.33. The molecule has 0 radical (unpaired) electrons. The number of hydrogen-bond acceptors (Lipinski definition) is 3. The van der Waals surface area contributed by atoms with Crippen LogP contribution >= 0.6 is 0 Å². The van der Waals surface area contributed by atoms with Crippen LogP contribution in [-0.2, 0) is 5.54 Å². The third-order valence-electron chi connectivity index (χ3n) is 8.43. The minimum Gasteiger partial charge on any atom is -0.316 e. The van der Waals surface area contributed by atoms with Crippen LogP contribution in [0.25, 0.3) is 0 Å². The summed E-state index contributed by atoms with van der Waals surface area (Å²) in [6.45, 7) is 3.81. The molecule has 1 saturated heterocycles. The summed E-state index contributed by atoms with van der Waals surface area (Å²) >= 11 is 0. The third kappa shape index (κ3) is 3.08. The summed E-state index contributed by atoms with van der Waals surface area (Å²) in [5.74, 6) is 1.31. The van der Waals surface area contributed by atoms with Crippen LogP contribution in [0.15, 0.2) is 42.6 Å². The predicted octanol–water partition coefficient (Wildman–Crippen LogP) is 4.91. The first-order chi connectivity index (χ1) is 15.4. The molecule has 1 aromatic carbocycles.